The number of carboxylic acids is 1. The molecule has 2 fully saturated rings. The normalized spacial score (nSPS) is 23.4. The molecule has 0 spiro atoms. The molecule has 3 aliphatic heterocycles. The molecule has 0 radical (unpaired) electrons. The van der Waals surface area contributed by atoms with E-state index in [4.69, 9.17) is 26.1 Å². The first-order chi connectivity index (χ1) is 21.5. The Bertz CT molecular complexity index is 1780. The third kappa shape index (κ3) is 5.16. The van der Waals surface area contributed by atoms with Crippen molar-refractivity contribution in [2.24, 2.45) is 0 Å². The fourth-order valence-electron chi connectivity index (χ4n) is 6.98. The Hall–Kier alpha value is -3.60. The second-order valence-corrected chi connectivity index (χ2v) is 13.0. The van der Waals surface area contributed by atoms with Crippen LogP contribution in [0.2, 0.25) is 5.02 Å². The Balaban J connectivity index is 1.13. The Kier molecular flexibility index (Phi) is 7.57. The smallest absolute Gasteiger partial charge is 0.335 e. The average molecular weight is 640 g/mol. The van der Waals surface area contributed by atoms with E-state index in [9.17, 15) is 9.90 Å². The molecule has 2 saturated heterocycles. The Morgan fingerprint density at radius 3 is 2.58 bits per heavy atom. The lowest BCUT2D eigenvalue weighted by Crippen LogP contribution is -2.50. The van der Waals surface area contributed by atoms with Crippen molar-refractivity contribution in [3.05, 3.63) is 93.5 Å². The molecule has 4 heterocycles. The summed E-state index contributed by atoms with van der Waals surface area (Å²) < 4.78 is 61.9. The lowest BCUT2D eigenvalue weighted by Gasteiger charge is -2.44. The molecule has 1 aromatic heterocycles. The van der Waals surface area contributed by atoms with Gasteiger partial charge < -0.3 is 19.1 Å². The summed E-state index contributed by atoms with van der Waals surface area (Å²) in [6, 6.07) is 13.8. The van der Waals surface area contributed by atoms with Crippen molar-refractivity contribution in [2.45, 2.75) is 62.6 Å². The van der Waals surface area contributed by atoms with Crippen LogP contribution in [0.5, 0.6) is 5.75 Å². The molecule has 0 bridgehead atoms. The minimum Gasteiger partial charge on any atom is -0.492 e. The van der Waals surface area contributed by atoms with Gasteiger partial charge in [-0.15, -0.1) is 0 Å². The number of carboxylic acid groups (broad SMARTS) is 1. The van der Waals surface area contributed by atoms with E-state index >= 15 is 13.2 Å². The quantitative estimate of drug-likeness (QED) is 0.232. The van der Waals surface area contributed by atoms with E-state index in [2.05, 4.69) is 9.47 Å². The van der Waals surface area contributed by atoms with E-state index in [1.807, 2.05) is 0 Å². The number of hydrogen-bond acceptors (Lipinski definition) is 5. The van der Waals surface area contributed by atoms with E-state index in [0.717, 1.165) is 29.3 Å². The number of imidazole rings is 1. The standard InChI is InChI=1S/C34H33ClF3N3O4/c1-33(25-7-6-22(35)16-26(25)36)19-45-29-4-2-3-24(31(29)34(33,37)38)20-9-12-40(13-10-20)18-30-39-27-8-5-21(32(42)43)15-28(27)41(30)17-23-11-14-44-23/h2-8,15-16,20,23H,9-14,17-19H2,1H3,(H,42,43)/t23-,33?/m0/s1. The molecular formula is C34H33ClF3N3O4. The minimum absolute atomic E-state index is 0.0561. The lowest BCUT2D eigenvalue weighted by atomic mass is 9.70. The number of carbonyl (C=O) groups is 1. The summed E-state index contributed by atoms with van der Waals surface area (Å²) in [5.74, 6) is -4.35. The van der Waals surface area contributed by atoms with Gasteiger partial charge in [0.15, 0.2) is 0 Å². The molecule has 45 heavy (non-hydrogen) atoms. The molecule has 0 aliphatic carbocycles. The molecule has 236 valence electrons. The predicted octanol–water partition coefficient (Wildman–Crippen LogP) is 7.14. The first kappa shape index (κ1) is 30.1. The van der Waals surface area contributed by atoms with Gasteiger partial charge in [-0.05, 0) is 87.2 Å². The van der Waals surface area contributed by atoms with E-state index in [1.54, 1.807) is 36.4 Å². The number of benzene rings is 3. The summed E-state index contributed by atoms with van der Waals surface area (Å²) in [4.78, 5) is 18.7. The van der Waals surface area contributed by atoms with Crippen molar-refractivity contribution >= 4 is 28.6 Å². The summed E-state index contributed by atoms with van der Waals surface area (Å²) in [6.07, 6.45) is 2.28. The third-order valence-corrected chi connectivity index (χ3v) is 9.99. The highest BCUT2D eigenvalue weighted by Crippen LogP contribution is 2.56. The van der Waals surface area contributed by atoms with Gasteiger partial charge in [-0.25, -0.2) is 22.9 Å². The van der Waals surface area contributed by atoms with E-state index in [0.29, 0.717) is 51.2 Å². The number of rotatable bonds is 7. The fraction of sp³-hybridized carbons (Fsp3) is 0.412. The van der Waals surface area contributed by atoms with Crippen LogP contribution in [0.3, 0.4) is 0 Å². The van der Waals surface area contributed by atoms with Crippen molar-refractivity contribution in [1.29, 1.82) is 0 Å². The Labute approximate surface area is 263 Å². The Morgan fingerprint density at radius 2 is 1.89 bits per heavy atom. The number of piperidine rings is 1. The zero-order valence-corrected chi connectivity index (χ0v) is 25.5. The molecule has 3 aliphatic rings. The summed E-state index contributed by atoms with van der Waals surface area (Å²) in [7, 11) is 0. The lowest BCUT2D eigenvalue weighted by molar-refractivity contribution is -0.113. The number of halogens is 4. The van der Waals surface area contributed by atoms with Gasteiger partial charge in [-0.3, -0.25) is 4.90 Å². The highest BCUT2D eigenvalue weighted by molar-refractivity contribution is 6.30. The molecule has 11 heteroatoms. The van der Waals surface area contributed by atoms with Gasteiger partial charge in [0.2, 0.25) is 0 Å². The molecule has 1 N–H and O–H groups in total. The fourth-order valence-corrected chi connectivity index (χ4v) is 7.14. The molecule has 3 aromatic carbocycles. The Morgan fingerprint density at radius 1 is 1.11 bits per heavy atom. The second-order valence-electron chi connectivity index (χ2n) is 12.5. The van der Waals surface area contributed by atoms with Crippen LogP contribution in [0, 0.1) is 5.82 Å². The third-order valence-electron chi connectivity index (χ3n) is 9.75. The molecule has 2 atom stereocenters. The van der Waals surface area contributed by atoms with Gasteiger partial charge in [0, 0.05) is 17.2 Å². The van der Waals surface area contributed by atoms with E-state index in [-0.39, 0.29) is 46.1 Å². The molecule has 1 unspecified atom stereocenters. The molecule has 7 nitrogen and oxygen atoms in total. The van der Waals surface area contributed by atoms with Crippen LogP contribution in [0.15, 0.2) is 54.6 Å². The monoisotopic (exact) mass is 639 g/mol. The zero-order valence-electron chi connectivity index (χ0n) is 24.7. The number of likely N-dealkylation sites (tertiary alicyclic amines) is 1. The summed E-state index contributed by atoms with van der Waals surface area (Å²) in [5, 5.41) is 9.68. The number of alkyl halides is 2. The second kappa shape index (κ2) is 11.3. The summed E-state index contributed by atoms with van der Waals surface area (Å²) in [6.45, 7) is 4.14. The average Bonchev–Trinajstić information content (AvgIpc) is 3.33. The number of nitrogens with zero attached hydrogens (tertiary/aromatic N) is 3. The molecule has 0 saturated carbocycles. The highest BCUT2D eigenvalue weighted by Gasteiger charge is 2.59. The van der Waals surface area contributed by atoms with Crippen LogP contribution in [-0.2, 0) is 29.2 Å². The van der Waals surface area contributed by atoms with Crippen molar-refractivity contribution in [2.75, 3.05) is 26.3 Å². The highest BCUT2D eigenvalue weighted by atomic mass is 35.5. The van der Waals surface area contributed by atoms with Gasteiger partial charge in [0.05, 0.1) is 46.8 Å². The topological polar surface area (TPSA) is 76.8 Å². The van der Waals surface area contributed by atoms with E-state index < -0.39 is 23.1 Å². The maximum atomic E-state index is 16.6. The van der Waals surface area contributed by atoms with Crippen molar-refractivity contribution < 1.29 is 32.5 Å². The maximum Gasteiger partial charge on any atom is 0.335 e. The summed E-state index contributed by atoms with van der Waals surface area (Å²) >= 11 is 5.93. The molecular weight excluding hydrogens is 607 g/mol. The molecule has 7 rings (SSSR count). The van der Waals surface area contributed by atoms with Crippen LogP contribution in [-0.4, -0.2) is 57.9 Å². The van der Waals surface area contributed by atoms with Crippen LogP contribution in [0.4, 0.5) is 13.2 Å². The van der Waals surface area contributed by atoms with Crippen molar-refractivity contribution in [3.8, 4) is 5.75 Å². The van der Waals surface area contributed by atoms with Crippen LogP contribution < -0.4 is 4.74 Å². The predicted molar refractivity (Wildman–Crippen MR) is 163 cm³/mol. The number of fused-ring (bicyclic) bond motifs is 2. The maximum absolute atomic E-state index is 16.6. The number of ether oxygens (including phenoxy) is 2. The van der Waals surface area contributed by atoms with Crippen molar-refractivity contribution in [1.82, 2.24) is 14.5 Å². The first-order valence-corrected chi connectivity index (χ1v) is 15.6. The van der Waals surface area contributed by atoms with Crippen molar-refractivity contribution in [3.63, 3.8) is 0 Å². The molecule has 0 amide bonds. The van der Waals surface area contributed by atoms with Gasteiger partial charge in [0.1, 0.15) is 24.0 Å². The van der Waals surface area contributed by atoms with Crippen LogP contribution in [0.1, 0.15) is 65.0 Å². The van der Waals surface area contributed by atoms with E-state index in [1.165, 1.54) is 19.1 Å². The number of aromatic nitrogens is 2. The number of hydrogen-bond donors (Lipinski definition) is 1. The van der Waals surface area contributed by atoms with Gasteiger partial charge >= 0.3 is 5.97 Å². The van der Waals surface area contributed by atoms with Gasteiger partial charge in [-0.1, -0.05) is 29.8 Å². The van der Waals surface area contributed by atoms with Crippen LogP contribution in [0.25, 0.3) is 11.0 Å². The molecule has 4 aromatic rings. The summed E-state index contributed by atoms with van der Waals surface area (Å²) in [5.41, 5.74) is 0.00681. The van der Waals surface area contributed by atoms with Crippen LogP contribution >= 0.6 is 11.6 Å². The first-order valence-electron chi connectivity index (χ1n) is 15.2. The minimum atomic E-state index is -3.40. The number of aromatic carboxylic acids is 1. The SMILES string of the molecule is CC1(c2ccc(Cl)cc2F)COc2cccc(C3CCN(Cc4nc5ccc(C(=O)O)cc5n4C[C@@H]4CCO4)CC3)c2C1(F)F. The zero-order chi connectivity index (χ0) is 31.5. The largest absolute Gasteiger partial charge is 0.492 e. The van der Waals surface area contributed by atoms with Gasteiger partial charge in [0.25, 0.3) is 5.92 Å². The van der Waals surface area contributed by atoms with Gasteiger partial charge in [-0.2, -0.15) is 0 Å².